The van der Waals surface area contributed by atoms with Gasteiger partial charge in [0.1, 0.15) is 12.2 Å². The number of nitrogens with one attached hydrogen (secondary N) is 1. The highest BCUT2D eigenvalue weighted by atomic mass is 16.6. The Kier molecular flexibility index (Phi) is 7.35. The minimum absolute atomic E-state index is 0.0540. The second-order valence-electron chi connectivity index (χ2n) is 9.70. The van der Waals surface area contributed by atoms with Crippen LogP contribution in [-0.4, -0.2) is 81.5 Å². The van der Waals surface area contributed by atoms with Gasteiger partial charge < -0.3 is 15.1 Å². The van der Waals surface area contributed by atoms with E-state index >= 15 is 0 Å². The average molecular weight is 541 g/mol. The fraction of sp³-hybridized carbons (Fsp3) is 0.276. The van der Waals surface area contributed by atoms with Gasteiger partial charge in [0.25, 0.3) is 5.69 Å². The lowest BCUT2D eigenvalue weighted by Crippen LogP contribution is -2.66. The second kappa shape index (κ2) is 11.0. The first-order chi connectivity index (χ1) is 19.3. The molecule has 2 heterocycles. The number of rotatable bonds is 7. The maximum Gasteiger partial charge on any atom is 0.332 e. The van der Waals surface area contributed by atoms with Crippen molar-refractivity contribution in [2.45, 2.75) is 25.2 Å². The van der Waals surface area contributed by atoms with Crippen LogP contribution in [0.1, 0.15) is 11.1 Å². The molecule has 3 aromatic carbocycles. The third-order valence-electron chi connectivity index (χ3n) is 7.38. The van der Waals surface area contributed by atoms with Gasteiger partial charge in [0.2, 0.25) is 11.8 Å². The molecule has 11 nitrogen and oxygen atoms in total. The molecule has 2 fully saturated rings. The van der Waals surface area contributed by atoms with Gasteiger partial charge in [-0.25, -0.2) is 9.80 Å². The van der Waals surface area contributed by atoms with Gasteiger partial charge in [0.15, 0.2) is 0 Å². The average Bonchev–Trinajstić information content (AvgIpc) is 3.29. The van der Waals surface area contributed by atoms with Gasteiger partial charge in [-0.3, -0.25) is 19.7 Å². The standard InChI is InChI=1S/C29H28N6O5/c1-3-15-32(29(38)30-2)33-19-27(36)34-25(16-20-11-13-23(14-12-20)35(39)40)28(37)31(18-26(33)34)17-22-9-6-8-21-7-4-5-10-24(21)22/h1,4-14,25-26H,15-19H2,2H3,(H,30,38)/t25-,26+/m0/s1. The molecule has 0 saturated carbocycles. The summed E-state index contributed by atoms with van der Waals surface area (Å²) in [5.41, 5.74) is 1.57. The molecule has 5 rings (SSSR count). The maximum absolute atomic E-state index is 14.0. The number of hydrogen-bond acceptors (Lipinski definition) is 6. The van der Waals surface area contributed by atoms with Crippen molar-refractivity contribution < 1.29 is 19.3 Å². The van der Waals surface area contributed by atoms with Crippen LogP contribution in [0.5, 0.6) is 0 Å². The lowest BCUT2D eigenvalue weighted by atomic mass is 9.99. The number of hydrogen-bond donors (Lipinski definition) is 1. The van der Waals surface area contributed by atoms with Crippen molar-refractivity contribution >= 4 is 34.3 Å². The number of non-ortho nitro benzene ring substituents is 1. The largest absolute Gasteiger partial charge is 0.340 e. The number of amides is 4. The lowest BCUT2D eigenvalue weighted by molar-refractivity contribution is -0.384. The van der Waals surface area contributed by atoms with E-state index in [9.17, 15) is 24.5 Å². The van der Waals surface area contributed by atoms with E-state index in [1.807, 2.05) is 42.5 Å². The summed E-state index contributed by atoms with van der Waals surface area (Å²) in [4.78, 5) is 54.0. The van der Waals surface area contributed by atoms with Crippen molar-refractivity contribution in [1.82, 2.24) is 25.1 Å². The SMILES string of the molecule is C#CCN(C(=O)NC)N1CC(=O)N2[C@@H](Cc3ccc([N+](=O)[O-])cc3)C(=O)N(Cc3cccc4ccccc34)C[C@@H]21. The molecule has 204 valence electrons. The summed E-state index contributed by atoms with van der Waals surface area (Å²) >= 11 is 0. The molecule has 2 aliphatic rings. The summed E-state index contributed by atoms with van der Waals surface area (Å²) in [6.07, 6.45) is 5.08. The number of nitrogens with zero attached hydrogens (tertiary/aromatic N) is 5. The van der Waals surface area contributed by atoms with Crippen molar-refractivity contribution in [2.75, 3.05) is 26.7 Å². The van der Waals surface area contributed by atoms with Crippen LogP contribution in [0.4, 0.5) is 10.5 Å². The summed E-state index contributed by atoms with van der Waals surface area (Å²) in [6.45, 7) is 0.300. The molecule has 0 radical (unpaired) electrons. The van der Waals surface area contributed by atoms with Crippen molar-refractivity contribution in [3.63, 3.8) is 0 Å². The third-order valence-corrected chi connectivity index (χ3v) is 7.38. The zero-order chi connectivity index (χ0) is 28.4. The molecule has 2 atom stereocenters. The number of terminal acetylenes is 1. The molecule has 0 unspecified atom stereocenters. The van der Waals surface area contributed by atoms with Crippen LogP contribution < -0.4 is 5.32 Å². The van der Waals surface area contributed by atoms with E-state index in [4.69, 9.17) is 6.42 Å². The van der Waals surface area contributed by atoms with Gasteiger partial charge in [0, 0.05) is 32.1 Å². The van der Waals surface area contributed by atoms with Crippen molar-refractivity contribution in [2.24, 2.45) is 0 Å². The minimum Gasteiger partial charge on any atom is -0.340 e. The van der Waals surface area contributed by atoms with Crippen molar-refractivity contribution in [3.05, 3.63) is 88.0 Å². The maximum atomic E-state index is 14.0. The number of benzene rings is 3. The van der Waals surface area contributed by atoms with Crippen LogP contribution in [0.25, 0.3) is 10.8 Å². The molecule has 4 amide bonds. The summed E-state index contributed by atoms with van der Waals surface area (Å²) in [5, 5.41) is 18.7. The van der Waals surface area contributed by atoms with Crippen molar-refractivity contribution in [3.8, 4) is 12.3 Å². The molecule has 11 heteroatoms. The molecule has 3 aromatic rings. The Labute approximate surface area is 231 Å². The van der Waals surface area contributed by atoms with E-state index in [0.29, 0.717) is 12.1 Å². The fourth-order valence-corrected chi connectivity index (χ4v) is 5.50. The zero-order valence-electron chi connectivity index (χ0n) is 21.9. The Morgan fingerprint density at radius 1 is 1.12 bits per heavy atom. The number of piperazine rings is 1. The fourth-order valence-electron chi connectivity index (χ4n) is 5.50. The van der Waals surface area contributed by atoms with Crippen LogP contribution in [0.15, 0.2) is 66.7 Å². The van der Waals surface area contributed by atoms with E-state index in [1.54, 1.807) is 22.0 Å². The molecule has 40 heavy (non-hydrogen) atoms. The Balaban J connectivity index is 1.52. The molecule has 2 saturated heterocycles. The Bertz CT molecular complexity index is 1510. The van der Waals surface area contributed by atoms with Gasteiger partial charge in [-0.05, 0) is 21.9 Å². The lowest BCUT2D eigenvalue weighted by Gasteiger charge is -2.46. The van der Waals surface area contributed by atoms with E-state index in [2.05, 4.69) is 11.2 Å². The number of carbonyl (C=O) groups is 3. The smallest absolute Gasteiger partial charge is 0.332 e. The Hall–Kier alpha value is -4.95. The predicted octanol–water partition coefficient (Wildman–Crippen LogP) is 2.36. The highest BCUT2D eigenvalue weighted by Crippen LogP contribution is 2.31. The first-order valence-electron chi connectivity index (χ1n) is 12.8. The highest BCUT2D eigenvalue weighted by molar-refractivity contribution is 5.92. The van der Waals surface area contributed by atoms with Gasteiger partial charge in [-0.2, -0.15) is 5.01 Å². The highest BCUT2D eigenvalue weighted by Gasteiger charge is 2.52. The Morgan fingerprint density at radius 2 is 1.85 bits per heavy atom. The molecule has 0 aromatic heterocycles. The van der Waals surface area contributed by atoms with Gasteiger partial charge >= 0.3 is 6.03 Å². The zero-order valence-corrected chi connectivity index (χ0v) is 21.9. The summed E-state index contributed by atoms with van der Waals surface area (Å²) in [6, 6.07) is 18.5. The van der Waals surface area contributed by atoms with Crippen LogP contribution in [0.2, 0.25) is 0 Å². The Morgan fingerprint density at radius 3 is 2.55 bits per heavy atom. The van der Waals surface area contributed by atoms with Gasteiger partial charge in [-0.1, -0.05) is 60.5 Å². The van der Waals surface area contributed by atoms with E-state index in [-0.39, 0.29) is 43.6 Å². The molecular weight excluding hydrogens is 512 g/mol. The molecular formula is C29H28N6O5. The van der Waals surface area contributed by atoms with E-state index in [0.717, 1.165) is 16.3 Å². The van der Waals surface area contributed by atoms with E-state index in [1.165, 1.54) is 29.1 Å². The monoisotopic (exact) mass is 540 g/mol. The third kappa shape index (κ3) is 4.92. The first kappa shape index (κ1) is 26.6. The van der Waals surface area contributed by atoms with Crippen LogP contribution in [0, 0.1) is 22.5 Å². The number of fused-ring (bicyclic) bond motifs is 2. The van der Waals surface area contributed by atoms with Crippen LogP contribution in [-0.2, 0) is 22.6 Å². The van der Waals surface area contributed by atoms with Crippen molar-refractivity contribution in [1.29, 1.82) is 0 Å². The summed E-state index contributed by atoms with van der Waals surface area (Å²) < 4.78 is 0. The summed E-state index contributed by atoms with van der Waals surface area (Å²) in [7, 11) is 1.48. The molecule has 0 spiro atoms. The molecule has 0 aliphatic carbocycles. The second-order valence-corrected chi connectivity index (χ2v) is 9.70. The quantitative estimate of drug-likeness (QED) is 0.279. The number of urea groups is 1. The number of nitro groups is 1. The normalized spacial score (nSPS) is 18.9. The topological polar surface area (TPSA) is 119 Å². The molecule has 1 N–H and O–H groups in total. The minimum atomic E-state index is -0.870. The van der Waals surface area contributed by atoms with Crippen LogP contribution >= 0.6 is 0 Å². The molecule has 2 aliphatic heterocycles. The van der Waals surface area contributed by atoms with Crippen LogP contribution in [0.3, 0.4) is 0 Å². The molecule has 0 bridgehead atoms. The first-order valence-corrected chi connectivity index (χ1v) is 12.8. The van der Waals surface area contributed by atoms with Gasteiger partial charge in [-0.15, -0.1) is 6.42 Å². The van der Waals surface area contributed by atoms with Gasteiger partial charge in [0.05, 0.1) is 24.6 Å². The predicted molar refractivity (Wildman–Crippen MR) is 147 cm³/mol. The number of carbonyl (C=O) groups excluding carboxylic acids is 3. The summed E-state index contributed by atoms with van der Waals surface area (Å²) in [5.74, 6) is 1.93. The van der Waals surface area contributed by atoms with E-state index < -0.39 is 23.2 Å². The number of nitro benzene ring substituents is 1. The number of hydrazine groups is 1.